The molecule has 152 valence electrons. The van der Waals surface area contributed by atoms with Crippen molar-refractivity contribution in [3.63, 3.8) is 0 Å². The van der Waals surface area contributed by atoms with Crippen LogP contribution in [0.25, 0.3) is 10.8 Å². The van der Waals surface area contributed by atoms with Gasteiger partial charge in [0, 0.05) is 22.2 Å². The van der Waals surface area contributed by atoms with Crippen molar-refractivity contribution in [3.8, 4) is 0 Å². The molecule has 0 spiro atoms. The van der Waals surface area contributed by atoms with Crippen LogP contribution in [0, 0.1) is 6.92 Å². The molecule has 0 aliphatic carbocycles. The molecule has 0 aliphatic rings. The molecule has 30 heavy (non-hydrogen) atoms. The van der Waals surface area contributed by atoms with Gasteiger partial charge in [0.25, 0.3) is 0 Å². The second-order valence-electron chi connectivity index (χ2n) is 7.32. The third kappa shape index (κ3) is 4.31. The number of aromatic nitrogens is 2. The van der Waals surface area contributed by atoms with Gasteiger partial charge in [0.15, 0.2) is 5.82 Å². The predicted octanol–water partition coefficient (Wildman–Crippen LogP) is 5.93. The Morgan fingerprint density at radius 1 is 1.03 bits per heavy atom. The lowest BCUT2D eigenvalue weighted by Gasteiger charge is -2.17. The van der Waals surface area contributed by atoms with Crippen molar-refractivity contribution in [3.05, 3.63) is 94.6 Å². The first-order valence-corrected chi connectivity index (χ1v) is 10.2. The van der Waals surface area contributed by atoms with Gasteiger partial charge in [-0.3, -0.25) is 10.00 Å². The number of halogens is 1. The topological polar surface area (TPSA) is 59.0 Å². The fourth-order valence-electron chi connectivity index (χ4n) is 3.58. The van der Waals surface area contributed by atoms with E-state index in [-0.39, 0.29) is 12.1 Å². The first-order chi connectivity index (χ1) is 14.5. The number of aryl methyl sites for hydroxylation is 1. The van der Waals surface area contributed by atoms with Crippen molar-refractivity contribution in [1.29, 1.82) is 0 Å². The highest BCUT2D eigenvalue weighted by Crippen LogP contribution is 2.29. The number of benzene rings is 3. The smallest absolute Gasteiger partial charge is 0.320 e. The highest BCUT2D eigenvalue weighted by molar-refractivity contribution is 6.35. The standard InChI is InChI=1S/C24H23ClN4O/c1-16-14-23(28-29(16)15-18-8-4-3-5-9-18)27-24(30)26-17(2)19-12-13-22(25)21-11-7-6-10-20(19)21/h3-14,17H,15H2,1-2H3,(H2,26,27,28,30). The predicted molar refractivity (Wildman–Crippen MR) is 122 cm³/mol. The van der Waals surface area contributed by atoms with Crippen molar-refractivity contribution in [2.75, 3.05) is 5.32 Å². The molecule has 4 aromatic rings. The summed E-state index contributed by atoms with van der Waals surface area (Å²) >= 11 is 6.31. The van der Waals surface area contributed by atoms with Gasteiger partial charge in [0.2, 0.25) is 0 Å². The molecule has 0 bridgehead atoms. The molecule has 0 saturated carbocycles. The van der Waals surface area contributed by atoms with E-state index in [1.165, 1.54) is 0 Å². The maximum atomic E-state index is 12.6. The average molecular weight is 419 g/mol. The minimum Gasteiger partial charge on any atom is -0.331 e. The van der Waals surface area contributed by atoms with Crippen LogP contribution in [-0.4, -0.2) is 15.8 Å². The van der Waals surface area contributed by atoms with Crippen molar-refractivity contribution in [2.24, 2.45) is 0 Å². The van der Waals surface area contributed by atoms with Gasteiger partial charge >= 0.3 is 6.03 Å². The number of nitrogens with one attached hydrogen (secondary N) is 2. The Bertz CT molecular complexity index is 1190. The molecule has 1 atom stereocenters. The molecule has 0 saturated heterocycles. The Morgan fingerprint density at radius 3 is 2.50 bits per heavy atom. The zero-order chi connectivity index (χ0) is 21.1. The Balaban J connectivity index is 1.45. The van der Waals surface area contributed by atoms with Crippen LogP contribution >= 0.6 is 11.6 Å². The maximum Gasteiger partial charge on any atom is 0.320 e. The Kier molecular flexibility index (Phi) is 5.72. The molecule has 0 fully saturated rings. The van der Waals surface area contributed by atoms with Crippen LogP contribution in [0.4, 0.5) is 10.6 Å². The zero-order valence-corrected chi connectivity index (χ0v) is 17.6. The minimum atomic E-state index is -0.300. The van der Waals surface area contributed by atoms with Crippen LogP contribution in [0.1, 0.15) is 29.8 Å². The Morgan fingerprint density at radius 2 is 1.73 bits per heavy atom. The van der Waals surface area contributed by atoms with E-state index in [1.54, 1.807) is 0 Å². The SMILES string of the molecule is Cc1cc(NC(=O)NC(C)c2ccc(Cl)c3ccccc23)nn1Cc1ccccc1. The van der Waals surface area contributed by atoms with Crippen molar-refractivity contribution in [2.45, 2.75) is 26.4 Å². The number of hydrogen-bond donors (Lipinski definition) is 2. The molecule has 2 N–H and O–H groups in total. The van der Waals surface area contributed by atoms with Crippen LogP contribution in [0.2, 0.25) is 5.02 Å². The number of carbonyl (C=O) groups excluding carboxylic acids is 1. The molecule has 6 heteroatoms. The summed E-state index contributed by atoms with van der Waals surface area (Å²) in [5.41, 5.74) is 3.14. The molecule has 1 heterocycles. The summed E-state index contributed by atoms with van der Waals surface area (Å²) in [6.45, 7) is 4.58. The summed E-state index contributed by atoms with van der Waals surface area (Å²) in [4.78, 5) is 12.6. The van der Waals surface area contributed by atoms with Gasteiger partial charge in [-0.2, -0.15) is 5.10 Å². The van der Waals surface area contributed by atoms with Gasteiger partial charge < -0.3 is 5.32 Å². The average Bonchev–Trinajstić information content (AvgIpc) is 3.07. The highest BCUT2D eigenvalue weighted by Gasteiger charge is 2.15. The van der Waals surface area contributed by atoms with E-state index in [0.717, 1.165) is 27.6 Å². The van der Waals surface area contributed by atoms with E-state index < -0.39 is 0 Å². The Labute approximate surface area is 180 Å². The highest BCUT2D eigenvalue weighted by atomic mass is 35.5. The lowest BCUT2D eigenvalue weighted by atomic mass is 10.00. The monoisotopic (exact) mass is 418 g/mol. The van der Waals surface area contributed by atoms with Crippen molar-refractivity contribution < 1.29 is 4.79 Å². The molecule has 5 nitrogen and oxygen atoms in total. The number of urea groups is 1. The summed E-state index contributed by atoms with van der Waals surface area (Å²) in [5, 5.41) is 13.0. The van der Waals surface area contributed by atoms with Crippen molar-refractivity contribution >= 4 is 34.2 Å². The molecule has 4 rings (SSSR count). The van der Waals surface area contributed by atoms with E-state index in [9.17, 15) is 4.79 Å². The van der Waals surface area contributed by atoms with E-state index in [4.69, 9.17) is 11.6 Å². The molecular formula is C24H23ClN4O. The molecule has 1 aromatic heterocycles. The van der Waals surface area contributed by atoms with Crippen LogP contribution in [-0.2, 0) is 6.54 Å². The van der Waals surface area contributed by atoms with Crippen LogP contribution in [0.15, 0.2) is 72.8 Å². The number of fused-ring (bicyclic) bond motifs is 1. The molecule has 1 unspecified atom stereocenters. The number of amides is 2. The fraction of sp³-hybridized carbons (Fsp3) is 0.167. The molecule has 0 aliphatic heterocycles. The number of hydrogen-bond acceptors (Lipinski definition) is 2. The van der Waals surface area contributed by atoms with Gasteiger partial charge in [0.05, 0.1) is 12.6 Å². The summed E-state index contributed by atoms with van der Waals surface area (Å²) in [6.07, 6.45) is 0. The first-order valence-electron chi connectivity index (χ1n) is 9.84. The summed E-state index contributed by atoms with van der Waals surface area (Å²) in [5.74, 6) is 0.522. The number of carbonyl (C=O) groups is 1. The maximum absolute atomic E-state index is 12.6. The van der Waals surface area contributed by atoms with Gasteiger partial charge in [-0.15, -0.1) is 0 Å². The van der Waals surface area contributed by atoms with E-state index in [2.05, 4.69) is 27.9 Å². The summed E-state index contributed by atoms with van der Waals surface area (Å²) in [7, 11) is 0. The van der Waals surface area contributed by atoms with Crippen LogP contribution in [0.3, 0.4) is 0 Å². The second-order valence-corrected chi connectivity index (χ2v) is 7.72. The normalized spacial score (nSPS) is 12.0. The lowest BCUT2D eigenvalue weighted by molar-refractivity contribution is 0.249. The first kappa shape index (κ1) is 20.0. The van der Waals surface area contributed by atoms with Gasteiger partial charge in [-0.1, -0.05) is 72.3 Å². The molecule has 0 radical (unpaired) electrons. The second kappa shape index (κ2) is 8.59. The summed E-state index contributed by atoms with van der Waals surface area (Å²) < 4.78 is 1.88. The lowest BCUT2D eigenvalue weighted by Crippen LogP contribution is -2.31. The largest absolute Gasteiger partial charge is 0.331 e. The number of rotatable bonds is 5. The zero-order valence-electron chi connectivity index (χ0n) is 16.9. The quantitative estimate of drug-likeness (QED) is 0.422. The number of nitrogens with zero attached hydrogens (tertiary/aromatic N) is 2. The van der Waals surface area contributed by atoms with Crippen molar-refractivity contribution in [1.82, 2.24) is 15.1 Å². The van der Waals surface area contributed by atoms with Gasteiger partial charge in [0.1, 0.15) is 0 Å². The van der Waals surface area contributed by atoms with E-state index in [1.807, 2.05) is 79.2 Å². The summed E-state index contributed by atoms with van der Waals surface area (Å²) in [6, 6.07) is 23.2. The van der Waals surface area contributed by atoms with Crippen LogP contribution < -0.4 is 10.6 Å². The van der Waals surface area contributed by atoms with E-state index in [0.29, 0.717) is 17.4 Å². The third-order valence-corrected chi connectivity index (χ3v) is 5.45. The van der Waals surface area contributed by atoms with Gasteiger partial charge in [-0.05, 0) is 36.4 Å². The minimum absolute atomic E-state index is 0.195. The number of anilines is 1. The fourth-order valence-corrected chi connectivity index (χ4v) is 3.81. The van der Waals surface area contributed by atoms with Crippen LogP contribution in [0.5, 0.6) is 0 Å². The molecular weight excluding hydrogens is 396 g/mol. The van der Waals surface area contributed by atoms with E-state index >= 15 is 0 Å². The third-order valence-electron chi connectivity index (χ3n) is 5.12. The van der Waals surface area contributed by atoms with Gasteiger partial charge in [-0.25, -0.2) is 4.79 Å². The molecule has 3 aromatic carbocycles. The Hall–Kier alpha value is -3.31. The molecule has 2 amide bonds.